The molecule has 0 aliphatic rings. The molecule has 0 spiro atoms. The second kappa shape index (κ2) is 6.41. The first-order valence-electron chi connectivity index (χ1n) is 5.85. The SMILES string of the molecule is CNc1ccc(Cl)cc1C(=O)Nc1c(F)cc(F)cc1Br. The molecule has 0 bridgehead atoms. The van der Waals surface area contributed by atoms with E-state index in [0.717, 1.165) is 6.07 Å². The van der Waals surface area contributed by atoms with Gasteiger partial charge in [-0.15, -0.1) is 0 Å². The van der Waals surface area contributed by atoms with Gasteiger partial charge in [-0.25, -0.2) is 8.78 Å². The van der Waals surface area contributed by atoms with E-state index in [-0.39, 0.29) is 15.7 Å². The number of carbonyl (C=O) groups excluding carboxylic acids is 1. The van der Waals surface area contributed by atoms with Gasteiger partial charge in [0.15, 0.2) is 5.82 Å². The van der Waals surface area contributed by atoms with Crippen LogP contribution in [0.1, 0.15) is 10.4 Å². The van der Waals surface area contributed by atoms with Crippen LogP contribution in [-0.2, 0) is 0 Å². The third-order valence-electron chi connectivity index (χ3n) is 2.74. The normalized spacial score (nSPS) is 10.3. The van der Waals surface area contributed by atoms with E-state index in [4.69, 9.17) is 11.6 Å². The molecule has 7 heteroatoms. The molecule has 2 rings (SSSR count). The second-order valence-corrected chi connectivity index (χ2v) is 5.43. The van der Waals surface area contributed by atoms with Crippen LogP contribution in [0.25, 0.3) is 0 Å². The minimum absolute atomic E-state index is 0.112. The Labute approximate surface area is 133 Å². The first-order chi connectivity index (χ1) is 9.92. The molecule has 0 unspecified atom stereocenters. The molecule has 0 aliphatic carbocycles. The van der Waals surface area contributed by atoms with E-state index in [2.05, 4.69) is 26.6 Å². The Hall–Kier alpha value is -1.66. The lowest BCUT2D eigenvalue weighted by Gasteiger charge is -2.12. The number of nitrogens with one attached hydrogen (secondary N) is 2. The Morgan fingerprint density at radius 1 is 1.24 bits per heavy atom. The smallest absolute Gasteiger partial charge is 0.257 e. The van der Waals surface area contributed by atoms with Crippen LogP contribution in [0.15, 0.2) is 34.8 Å². The first-order valence-corrected chi connectivity index (χ1v) is 7.02. The third-order valence-corrected chi connectivity index (χ3v) is 3.60. The Morgan fingerprint density at radius 3 is 2.57 bits per heavy atom. The summed E-state index contributed by atoms with van der Waals surface area (Å²) in [6, 6.07) is 6.47. The molecule has 0 atom stereocenters. The molecule has 1 amide bonds. The highest BCUT2D eigenvalue weighted by atomic mass is 79.9. The summed E-state index contributed by atoms with van der Waals surface area (Å²) in [7, 11) is 1.65. The van der Waals surface area contributed by atoms with Gasteiger partial charge >= 0.3 is 0 Å². The highest BCUT2D eigenvalue weighted by Crippen LogP contribution is 2.28. The molecule has 0 heterocycles. The molecule has 3 nitrogen and oxygen atoms in total. The van der Waals surface area contributed by atoms with Gasteiger partial charge in [0.1, 0.15) is 5.82 Å². The Kier molecular flexibility index (Phi) is 4.80. The van der Waals surface area contributed by atoms with E-state index in [1.165, 1.54) is 6.07 Å². The highest BCUT2D eigenvalue weighted by Gasteiger charge is 2.16. The molecule has 21 heavy (non-hydrogen) atoms. The van der Waals surface area contributed by atoms with Crippen molar-refractivity contribution in [3.05, 3.63) is 57.0 Å². The monoisotopic (exact) mass is 374 g/mol. The number of anilines is 2. The molecule has 0 saturated carbocycles. The number of rotatable bonds is 3. The fourth-order valence-corrected chi connectivity index (χ4v) is 2.44. The van der Waals surface area contributed by atoms with E-state index >= 15 is 0 Å². The molecule has 0 aromatic heterocycles. The largest absolute Gasteiger partial charge is 0.387 e. The van der Waals surface area contributed by atoms with Gasteiger partial charge in [-0.3, -0.25) is 4.79 Å². The van der Waals surface area contributed by atoms with E-state index in [9.17, 15) is 13.6 Å². The van der Waals surface area contributed by atoms with Crippen LogP contribution in [0, 0.1) is 11.6 Å². The molecule has 0 radical (unpaired) electrons. The topological polar surface area (TPSA) is 41.1 Å². The van der Waals surface area contributed by atoms with Crippen molar-refractivity contribution in [3.8, 4) is 0 Å². The van der Waals surface area contributed by atoms with Gasteiger partial charge in [0.05, 0.1) is 11.3 Å². The number of carbonyl (C=O) groups is 1. The molecule has 0 fully saturated rings. The van der Waals surface area contributed by atoms with Crippen molar-refractivity contribution in [3.63, 3.8) is 0 Å². The van der Waals surface area contributed by atoms with Gasteiger partial charge in [0.25, 0.3) is 5.91 Å². The number of hydrogen-bond acceptors (Lipinski definition) is 2. The highest BCUT2D eigenvalue weighted by molar-refractivity contribution is 9.10. The summed E-state index contributed by atoms with van der Waals surface area (Å²) in [6.45, 7) is 0. The van der Waals surface area contributed by atoms with Crippen molar-refractivity contribution in [1.29, 1.82) is 0 Å². The minimum atomic E-state index is -0.872. The summed E-state index contributed by atoms with van der Waals surface area (Å²) in [5, 5.41) is 5.61. The van der Waals surface area contributed by atoms with E-state index in [0.29, 0.717) is 16.8 Å². The Bertz CT molecular complexity index is 686. The zero-order chi connectivity index (χ0) is 15.6. The second-order valence-electron chi connectivity index (χ2n) is 4.14. The van der Waals surface area contributed by atoms with Gasteiger partial charge in [-0.05, 0) is 40.2 Å². The summed E-state index contributed by atoms with van der Waals surface area (Å²) < 4.78 is 26.9. The molecule has 2 aromatic rings. The van der Waals surface area contributed by atoms with Gasteiger partial charge < -0.3 is 10.6 Å². The Morgan fingerprint density at radius 2 is 1.95 bits per heavy atom. The van der Waals surface area contributed by atoms with Crippen LogP contribution in [0.5, 0.6) is 0 Å². The minimum Gasteiger partial charge on any atom is -0.387 e. The van der Waals surface area contributed by atoms with Gasteiger partial charge in [-0.1, -0.05) is 11.6 Å². The number of hydrogen-bond donors (Lipinski definition) is 2. The van der Waals surface area contributed by atoms with Crippen molar-refractivity contribution in [2.45, 2.75) is 0 Å². The molecule has 2 aromatic carbocycles. The molecule has 110 valence electrons. The summed E-state index contributed by atoms with van der Waals surface area (Å²) >= 11 is 8.88. The molecule has 0 aliphatic heterocycles. The average molecular weight is 376 g/mol. The third kappa shape index (κ3) is 3.51. The maximum absolute atomic E-state index is 13.7. The average Bonchev–Trinajstić information content (AvgIpc) is 2.42. The predicted octanol–water partition coefficient (Wildman–Crippen LogP) is 4.67. The number of benzene rings is 2. The van der Waals surface area contributed by atoms with Crippen LogP contribution >= 0.6 is 27.5 Å². The van der Waals surface area contributed by atoms with Gasteiger partial charge in [0, 0.05) is 28.3 Å². The van der Waals surface area contributed by atoms with Crippen molar-refractivity contribution in [1.82, 2.24) is 0 Å². The maximum atomic E-state index is 13.7. The van der Waals surface area contributed by atoms with Gasteiger partial charge in [-0.2, -0.15) is 0 Å². The molecular weight excluding hydrogens is 366 g/mol. The van der Waals surface area contributed by atoms with Crippen LogP contribution < -0.4 is 10.6 Å². The van der Waals surface area contributed by atoms with Crippen molar-refractivity contribution in [2.24, 2.45) is 0 Å². The lowest BCUT2D eigenvalue weighted by molar-refractivity contribution is 0.102. The van der Waals surface area contributed by atoms with E-state index in [1.54, 1.807) is 19.2 Å². The van der Waals surface area contributed by atoms with Crippen molar-refractivity contribution >= 4 is 44.8 Å². The fourth-order valence-electron chi connectivity index (χ4n) is 1.76. The Balaban J connectivity index is 2.37. The quantitative estimate of drug-likeness (QED) is 0.818. The molecule has 2 N–H and O–H groups in total. The van der Waals surface area contributed by atoms with Gasteiger partial charge in [0.2, 0.25) is 0 Å². The predicted molar refractivity (Wildman–Crippen MR) is 83.0 cm³/mol. The zero-order valence-corrected chi connectivity index (χ0v) is 13.1. The maximum Gasteiger partial charge on any atom is 0.257 e. The van der Waals surface area contributed by atoms with E-state index in [1.807, 2.05) is 0 Å². The van der Waals surface area contributed by atoms with E-state index < -0.39 is 17.5 Å². The zero-order valence-electron chi connectivity index (χ0n) is 10.8. The summed E-state index contributed by atoms with van der Waals surface area (Å²) in [6.07, 6.45) is 0. The molecule has 0 saturated heterocycles. The number of amides is 1. The summed E-state index contributed by atoms with van der Waals surface area (Å²) in [5.74, 6) is -2.17. The van der Waals surface area contributed by atoms with Crippen LogP contribution in [0.4, 0.5) is 20.2 Å². The van der Waals surface area contributed by atoms with Crippen molar-refractivity contribution in [2.75, 3.05) is 17.7 Å². The fraction of sp³-hybridized carbons (Fsp3) is 0.0714. The van der Waals surface area contributed by atoms with Crippen molar-refractivity contribution < 1.29 is 13.6 Å². The number of halogens is 4. The van der Waals surface area contributed by atoms with Crippen LogP contribution in [0.3, 0.4) is 0 Å². The summed E-state index contributed by atoms with van der Waals surface area (Å²) in [4.78, 5) is 12.2. The lowest BCUT2D eigenvalue weighted by atomic mass is 10.1. The molecular formula is C14H10BrClF2N2O. The first kappa shape index (κ1) is 15.7. The lowest BCUT2D eigenvalue weighted by Crippen LogP contribution is -2.15. The van der Waals surface area contributed by atoms with Crippen LogP contribution in [-0.4, -0.2) is 13.0 Å². The standard InChI is InChI=1S/C14H10BrClF2N2O/c1-19-12-3-2-7(16)4-9(12)14(21)20-13-10(15)5-8(17)6-11(13)18/h2-6,19H,1H3,(H,20,21). The summed E-state index contributed by atoms with van der Waals surface area (Å²) in [5.41, 5.74) is 0.652. The van der Waals surface area contributed by atoms with Crippen LogP contribution in [0.2, 0.25) is 5.02 Å².